The van der Waals surface area contributed by atoms with Gasteiger partial charge in [0.1, 0.15) is 5.82 Å². The Morgan fingerprint density at radius 1 is 1.25 bits per heavy atom. The van der Waals surface area contributed by atoms with Crippen LogP contribution in [0.25, 0.3) is 0 Å². The van der Waals surface area contributed by atoms with Gasteiger partial charge in [-0.3, -0.25) is 4.79 Å². The fourth-order valence-electron chi connectivity index (χ4n) is 1.09. The summed E-state index contributed by atoms with van der Waals surface area (Å²) in [6.45, 7) is 0. The Bertz CT molecular complexity index is 398. The van der Waals surface area contributed by atoms with Crippen LogP contribution < -0.4 is 0 Å². The number of nitrogens with zero attached hydrogens (tertiary/aromatic N) is 1. The molecule has 1 aromatic carbocycles. The summed E-state index contributed by atoms with van der Waals surface area (Å²) in [6.07, 6.45) is 0. The van der Waals surface area contributed by atoms with E-state index in [-0.39, 0.29) is 11.3 Å². The number of Topliss-reactive ketones (excluding diaryl/α,β-unsaturated/α-hetero) is 1. The molecule has 12 heavy (non-hydrogen) atoms. The molecule has 0 bridgehead atoms. The van der Waals surface area contributed by atoms with Crippen LogP contribution in [0.1, 0.15) is 10.4 Å². The van der Waals surface area contributed by atoms with E-state index in [1.807, 2.05) is 0 Å². The third kappa shape index (κ3) is 0.777. The predicted molar refractivity (Wildman–Crippen MR) is 38.9 cm³/mol. The molecule has 0 atom stereocenters. The predicted octanol–water partition coefficient (Wildman–Crippen LogP) is 2.02. The highest BCUT2D eigenvalue weighted by molar-refractivity contribution is 6.46. The van der Waals surface area contributed by atoms with Crippen molar-refractivity contribution >= 4 is 17.4 Å². The molecule has 0 radical (unpaired) electrons. The Labute approximate surface area is 66.5 Å². The molecule has 60 valence electrons. The van der Waals surface area contributed by atoms with Crippen molar-refractivity contribution in [3.05, 3.63) is 29.6 Å². The van der Waals surface area contributed by atoms with Crippen LogP contribution in [0, 0.1) is 5.82 Å². The fourth-order valence-corrected chi connectivity index (χ4v) is 1.09. The summed E-state index contributed by atoms with van der Waals surface area (Å²) >= 11 is 0. The summed E-state index contributed by atoms with van der Waals surface area (Å²) in [7, 11) is 0. The summed E-state index contributed by atoms with van der Waals surface area (Å²) in [5, 5.41) is 0. The molecule has 2 nitrogen and oxygen atoms in total. The number of benzene rings is 1. The van der Waals surface area contributed by atoms with Crippen LogP contribution in [0.4, 0.5) is 14.5 Å². The molecule has 0 spiro atoms. The highest BCUT2D eigenvalue weighted by atomic mass is 19.1. The third-order valence-electron chi connectivity index (χ3n) is 1.62. The maximum Gasteiger partial charge on any atom is 0.262 e. The molecule has 0 saturated carbocycles. The summed E-state index contributed by atoms with van der Waals surface area (Å²) < 4.78 is 25.4. The molecule has 1 aliphatic rings. The molecule has 4 heteroatoms. The summed E-state index contributed by atoms with van der Waals surface area (Å²) in [6, 6.07) is 3.87. The Balaban J connectivity index is 2.72. The van der Waals surface area contributed by atoms with Gasteiger partial charge < -0.3 is 0 Å². The molecule has 0 fully saturated rings. The van der Waals surface area contributed by atoms with Crippen LogP contribution in [0.3, 0.4) is 0 Å². The smallest absolute Gasteiger partial charge is 0.262 e. The minimum Gasteiger partial charge on any atom is -0.284 e. The second kappa shape index (κ2) is 2.20. The molecule has 0 unspecified atom stereocenters. The lowest BCUT2D eigenvalue weighted by molar-refractivity contribution is 0.105. The van der Waals surface area contributed by atoms with Crippen molar-refractivity contribution < 1.29 is 13.6 Å². The first kappa shape index (κ1) is 7.09. The summed E-state index contributed by atoms with van der Waals surface area (Å²) in [5.41, 5.74) is -0.201. The van der Waals surface area contributed by atoms with Gasteiger partial charge in [-0.25, -0.2) is 9.38 Å². The molecule has 0 saturated heterocycles. The van der Waals surface area contributed by atoms with Crippen molar-refractivity contribution in [2.24, 2.45) is 4.99 Å². The monoisotopic (exact) mass is 167 g/mol. The van der Waals surface area contributed by atoms with Crippen LogP contribution in [-0.2, 0) is 0 Å². The lowest BCUT2D eigenvalue weighted by Gasteiger charge is -1.94. The Kier molecular flexibility index (Phi) is 1.30. The lowest BCUT2D eigenvalue weighted by atomic mass is 10.1. The van der Waals surface area contributed by atoms with Gasteiger partial charge in [-0.05, 0) is 12.1 Å². The minimum absolute atomic E-state index is 0.0671. The Morgan fingerprint density at radius 2 is 2.00 bits per heavy atom. The number of hydrogen-bond acceptors (Lipinski definition) is 2. The zero-order valence-corrected chi connectivity index (χ0v) is 5.84. The van der Waals surface area contributed by atoms with E-state index in [0.29, 0.717) is 0 Å². The highest BCUT2D eigenvalue weighted by Gasteiger charge is 2.27. The van der Waals surface area contributed by atoms with E-state index in [0.717, 1.165) is 6.07 Å². The van der Waals surface area contributed by atoms with Crippen molar-refractivity contribution in [3.8, 4) is 0 Å². The van der Waals surface area contributed by atoms with E-state index < -0.39 is 17.6 Å². The van der Waals surface area contributed by atoms with Crippen LogP contribution in [0.15, 0.2) is 23.2 Å². The first-order valence-corrected chi connectivity index (χ1v) is 3.27. The minimum atomic E-state index is -1.14. The fraction of sp³-hybridized carbons (Fsp3) is 0. The van der Waals surface area contributed by atoms with E-state index in [4.69, 9.17) is 0 Å². The van der Waals surface area contributed by atoms with E-state index >= 15 is 0 Å². The topological polar surface area (TPSA) is 29.4 Å². The van der Waals surface area contributed by atoms with Gasteiger partial charge in [0, 0.05) is 0 Å². The third-order valence-corrected chi connectivity index (χ3v) is 1.62. The Morgan fingerprint density at radius 3 is 2.67 bits per heavy atom. The van der Waals surface area contributed by atoms with Crippen molar-refractivity contribution in [2.45, 2.75) is 0 Å². The lowest BCUT2D eigenvalue weighted by Crippen LogP contribution is -2.04. The number of halogens is 2. The van der Waals surface area contributed by atoms with Crippen molar-refractivity contribution in [3.63, 3.8) is 0 Å². The van der Waals surface area contributed by atoms with Gasteiger partial charge in [-0.15, -0.1) is 0 Å². The number of fused-ring (bicyclic) bond motifs is 1. The maximum absolute atomic E-state index is 12.9. The first-order valence-electron chi connectivity index (χ1n) is 3.27. The van der Waals surface area contributed by atoms with Crippen molar-refractivity contribution in [1.82, 2.24) is 0 Å². The second-order valence-corrected chi connectivity index (χ2v) is 2.37. The van der Waals surface area contributed by atoms with E-state index in [1.165, 1.54) is 12.1 Å². The normalized spacial score (nSPS) is 14.5. The van der Waals surface area contributed by atoms with E-state index in [9.17, 15) is 13.6 Å². The van der Waals surface area contributed by atoms with Gasteiger partial charge in [0.25, 0.3) is 5.97 Å². The van der Waals surface area contributed by atoms with Crippen LogP contribution in [-0.4, -0.2) is 11.7 Å². The van der Waals surface area contributed by atoms with Crippen molar-refractivity contribution in [1.29, 1.82) is 0 Å². The summed E-state index contributed by atoms with van der Waals surface area (Å²) in [5.74, 6) is -2.84. The molecule has 1 aliphatic heterocycles. The quantitative estimate of drug-likeness (QED) is 0.581. The highest BCUT2D eigenvalue weighted by Crippen LogP contribution is 2.28. The number of ketones is 1. The number of carbonyl (C=O) groups excluding carboxylic acids is 1. The standard InChI is InChI=1S/C8H3F2NO/c9-4-2-1-3-5-6(4)7(12)8(10)11-5/h1-3H. The molecule has 1 heterocycles. The average Bonchev–Trinajstić information content (AvgIpc) is 2.29. The zero-order valence-electron chi connectivity index (χ0n) is 5.84. The number of hydrogen-bond donors (Lipinski definition) is 0. The molecule has 0 aliphatic carbocycles. The molecular weight excluding hydrogens is 164 g/mol. The summed E-state index contributed by atoms with van der Waals surface area (Å²) in [4.78, 5) is 14.1. The van der Waals surface area contributed by atoms with Gasteiger partial charge in [0.2, 0.25) is 5.78 Å². The number of carbonyl (C=O) groups is 1. The largest absolute Gasteiger partial charge is 0.284 e. The van der Waals surface area contributed by atoms with Gasteiger partial charge in [-0.1, -0.05) is 6.07 Å². The number of rotatable bonds is 0. The molecule has 1 aromatic rings. The molecule has 0 aromatic heterocycles. The van der Waals surface area contributed by atoms with E-state index in [2.05, 4.69) is 4.99 Å². The molecule has 0 amide bonds. The first-order chi connectivity index (χ1) is 5.70. The van der Waals surface area contributed by atoms with Gasteiger partial charge in [0.05, 0.1) is 11.3 Å². The number of aliphatic imine (C=N–C) groups is 1. The van der Waals surface area contributed by atoms with Crippen LogP contribution in [0.2, 0.25) is 0 Å². The molecular formula is C8H3F2NO. The second-order valence-electron chi connectivity index (χ2n) is 2.37. The average molecular weight is 167 g/mol. The van der Waals surface area contributed by atoms with Gasteiger partial charge in [0.15, 0.2) is 0 Å². The van der Waals surface area contributed by atoms with Crippen molar-refractivity contribution in [2.75, 3.05) is 0 Å². The molecule has 2 rings (SSSR count). The van der Waals surface area contributed by atoms with Gasteiger partial charge >= 0.3 is 0 Å². The maximum atomic E-state index is 12.9. The Hall–Kier alpha value is -1.58. The SMILES string of the molecule is O=C1C(F)=Nc2cccc(F)c21. The molecule has 0 N–H and O–H groups in total. The zero-order chi connectivity index (χ0) is 8.72. The van der Waals surface area contributed by atoms with Crippen LogP contribution in [0.5, 0.6) is 0 Å². The van der Waals surface area contributed by atoms with E-state index in [1.54, 1.807) is 0 Å². The van der Waals surface area contributed by atoms with Gasteiger partial charge in [-0.2, -0.15) is 4.39 Å². The van der Waals surface area contributed by atoms with Crippen LogP contribution >= 0.6 is 0 Å².